The second-order valence-corrected chi connectivity index (χ2v) is 6.58. The monoisotopic (exact) mass is 374 g/mol. The van der Waals surface area contributed by atoms with Crippen LogP contribution >= 0.6 is 34.5 Å². The summed E-state index contributed by atoms with van der Waals surface area (Å²) in [6.07, 6.45) is 1.67. The molecule has 0 radical (unpaired) electrons. The zero-order chi connectivity index (χ0) is 17.1. The lowest BCUT2D eigenvalue weighted by Gasteiger charge is -2.00. The summed E-state index contributed by atoms with van der Waals surface area (Å²) >= 11 is 13.4. The summed E-state index contributed by atoms with van der Waals surface area (Å²) in [5.74, 6) is -0.302. The molecule has 0 amide bonds. The van der Waals surface area contributed by atoms with Gasteiger partial charge in [-0.25, -0.2) is 9.37 Å². The molecule has 2 aromatic carbocycles. The maximum absolute atomic E-state index is 13.0. The van der Waals surface area contributed by atoms with E-state index in [4.69, 9.17) is 23.2 Å². The third-order valence-corrected chi connectivity index (χ3v) is 4.70. The van der Waals surface area contributed by atoms with Gasteiger partial charge in [-0.2, -0.15) is 5.26 Å². The van der Waals surface area contributed by atoms with E-state index < -0.39 is 0 Å². The Morgan fingerprint density at radius 1 is 1.17 bits per heavy atom. The van der Waals surface area contributed by atoms with Crippen LogP contribution in [0, 0.1) is 17.1 Å². The molecule has 118 valence electrons. The van der Waals surface area contributed by atoms with Gasteiger partial charge in [-0.1, -0.05) is 29.3 Å². The van der Waals surface area contributed by atoms with Gasteiger partial charge in [-0.3, -0.25) is 0 Å². The van der Waals surface area contributed by atoms with Gasteiger partial charge < -0.3 is 0 Å². The van der Waals surface area contributed by atoms with Crippen LogP contribution in [0.1, 0.15) is 10.6 Å². The highest BCUT2D eigenvalue weighted by Crippen LogP contribution is 2.29. The molecule has 0 fully saturated rings. The van der Waals surface area contributed by atoms with E-state index in [1.54, 1.807) is 36.4 Å². The predicted molar refractivity (Wildman–Crippen MR) is 97.5 cm³/mol. The SMILES string of the molecule is N#CC(=Cc1ccc(Cl)cc1Cl)c1nc(-c2ccc(F)cc2)cs1. The lowest BCUT2D eigenvalue weighted by molar-refractivity contribution is 0.628. The van der Waals surface area contributed by atoms with E-state index in [2.05, 4.69) is 11.1 Å². The number of thiazole rings is 1. The van der Waals surface area contributed by atoms with Crippen LogP contribution in [0.4, 0.5) is 4.39 Å². The van der Waals surface area contributed by atoms with Crippen LogP contribution in [0.5, 0.6) is 0 Å². The van der Waals surface area contributed by atoms with Gasteiger partial charge >= 0.3 is 0 Å². The van der Waals surface area contributed by atoms with Gasteiger partial charge in [0.05, 0.1) is 11.3 Å². The Morgan fingerprint density at radius 3 is 2.58 bits per heavy atom. The van der Waals surface area contributed by atoms with Crippen LogP contribution in [-0.4, -0.2) is 4.98 Å². The average Bonchev–Trinajstić information content (AvgIpc) is 3.05. The summed E-state index contributed by atoms with van der Waals surface area (Å²) in [7, 11) is 0. The third kappa shape index (κ3) is 3.65. The first-order chi connectivity index (χ1) is 11.6. The number of allylic oxidation sites excluding steroid dienone is 1. The number of nitrogens with zero attached hydrogens (tertiary/aromatic N) is 2. The Hall–Kier alpha value is -2.19. The minimum absolute atomic E-state index is 0.302. The molecular weight excluding hydrogens is 366 g/mol. The molecule has 0 saturated heterocycles. The molecule has 0 spiro atoms. The molecule has 3 aromatic rings. The molecule has 1 heterocycles. The zero-order valence-corrected chi connectivity index (χ0v) is 14.5. The topological polar surface area (TPSA) is 36.7 Å². The predicted octanol–water partition coefficient (Wildman–Crippen LogP) is 6.32. The van der Waals surface area contributed by atoms with Crippen LogP contribution in [0.2, 0.25) is 10.0 Å². The van der Waals surface area contributed by atoms with Crippen LogP contribution in [0.3, 0.4) is 0 Å². The Balaban J connectivity index is 1.96. The summed E-state index contributed by atoms with van der Waals surface area (Å²) in [5.41, 5.74) is 2.58. The Kier molecular flexibility index (Phi) is 4.96. The van der Waals surface area contributed by atoms with Crippen molar-refractivity contribution in [2.24, 2.45) is 0 Å². The summed E-state index contributed by atoms with van der Waals surface area (Å²) in [6.45, 7) is 0. The lowest BCUT2D eigenvalue weighted by Crippen LogP contribution is -1.84. The van der Waals surface area contributed by atoms with E-state index in [1.807, 2.05) is 5.38 Å². The van der Waals surface area contributed by atoms with Crippen molar-refractivity contribution in [3.63, 3.8) is 0 Å². The molecule has 0 aliphatic heterocycles. The number of halogens is 3. The largest absolute Gasteiger partial charge is 0.235 e. The quantitative estimate of drug-likeness (QED) is 0.502. The molecule has 0 unspecified atom stereocenters. The number of aromatic nitrogens is 1. The zero-order valence-electron chi connectivity index (χ0n) is 12.1. The number of benzene rings is 2. The number of hydrogen-bond donors (Lipinski definition) is 0. The molecule has 3 rings (SSSR count). The maximum Gasteiger partial charge on any atom is 0.134 e. The van der Waals surface area contributed by atoms with Gasteiger partial charge in [-0.15, -0.1) is 11.3 Å². The normalized spacial score (nSPS) is 11.3. The van der Waals surface area contributed by atoms with E-state index in [0.29, 0.717) is 31.9 Å². The fourth-order valence-corrected chi connectivity index (χ4v) is 3.32. The van der Waals surface area contributed by atoms with Gasteiger partial charge in [0, 0.05) is 21.0 Å². The minimum atomic E-state index is -0.302. The smallest absolute Gasteiger partial charge is 0.134 e. The molecule has 24 heavy (non-hydrogen) atoms. The van der Waals surface area contributed by atoms with Gasteiger partial charge in [0.15, 0.2) is 0 Å². The highest BCUT2D eigenvalue weighted by molar-refractivity contribution is 7.11. The van der Waals surface area contributed by atoms with Crippen molar-refractivity contribution in [3.05, 3.63) is 74.3 Å². The highest BCUT2D eigenvalue weighted by atomic mass is 35.5. The highest BCUT2D eigenvalue weighted by Gasteiger charge is 2.10. The molecule has 0 aliphatic carbocycles. The van der Waals surface area contributed by atoms with Crippen molar-refractivity contribution in [1.29, 1.82) is 5.26 Å². The summed E-state index contributed by atoms with van der Waals surface area (Å²) < 4.78 is 13.0. The Labute approximate surface area is 152 Å². The fourth-order valence-electron chi connectivity index (χ4n) is 2.07. The van der Waals surface area contributed by atoms with Crippen molar-refractivity contribution < 1.29 is 4.39 Å². The van der Waals surface area contributed by atoms with Crippen LogP contribution in [0.15, 0.2) is 47.8 Å². The minimum Gasteiger partial charge on any atom is -0.235 e. The number of rotatable bonds is 3. The second-order valence-electron chi connectivity index (χ2n) is 4.88. The van der Waals surface area contributed by atoms with E-state index in [-0.39, 0.29) is 5.82 Å². The average molecular weight is 375 g/mol. The molecule has 0 saturated carbocycles. The maximum atomic E-state index is 13.0. The number of hydrogen-bond acceptors (Lipinski definition) is 3. The summed E-state index contributed by atoms with van der Waals surface area (Å²) in [5, 5.41) is 12.8. The second kappa shape index (κ2) is 7.14. The van der Waals surface area contributed by atoms with Gasteiger partial charge in [0.2, 0.25) is 0 Å². The van der Waals surface area contributed by atoms with Gasteiger partial charge in [0.25, 0.3) is 0 Å². The molecule has 0 aliphatic rings. The summed E-state index contributed by atoms with van der Waals surface area (Å²) in [4.78, 5) is 4.46. The van der Waals surface area contributed by atoms with Crippen molar-refractivity contribution in [2.45, 2.75) is 0 Å². The molecule has 0 N–H and O–H groups in total. The van der Waals surface area contributed by atoms with Crippen LogP contribution < -0.4 is 0 Å². The van der Waals surface area contributed by atoms with E-state index in [9.17, 15) is 9.65 Å². The molecule has 0 bridgehead atoms. The summed E-state index contributed by atoms with van der Waals surface area (Å²) in [6, 6.07) is 13.3. The fraction of sp³-hybridized carbons (Fsp3) is 0. The molecule has 0 atom stereocenters. The molecular formula is C18H9Cl2FN2S. The standard InChI is InChI=1S/C18H9Cl2FN2S/c19-14-4-1-12(16(20)8-14)7-13(9-22)18-23-17(10-24-18)11-2-5-15(21)6-3-11/h1-8,10H. The van der Waals surface area contributed by atoms with Gasteiger partial charge in [-0.05, 0) is 48.0 Å². The first-order valence-electron chi connectivity index (χ1n) is 6.85. The van der Waals surface area contributed by atoms with Crippen LogP contribution in [-0.2, 0) is 0 Å². The van der Waals surface area contributed by atoms with Crippen molar-refractivity contribution >= 4 is 46.2 Å². The Bertz CT molecular complexity index is 956. The number of nitriles is 1. The first-order valence-corrected chi connectivity index (χ1v) is 8.49. The first kappa shape index (κ1) is 16.7. The molecule has 6 heteroatoms. The molecule has 2 nitrogen and oxygen atoms in total. The van der Waals surface area contributed by atoms with E-state index >= 15 is 0 Å². The Morgan fingerprint density at radius 2 is 1.92 bits per heavy atom. The van der Waals surface area contributed by atoms with Crippen molar-refractivity contribution in [3.8, 4) is 17.3 Å². The third-order valence-electron chi connectivity index (χ3n) is 3.26. The van der Waals surface area contributed by atoms with Crippen molar-refractivity contribution in [1.82, 2.24) is 4.98 Å². The van der Waals surface area contributed by atoms with E-state index in [1.165, 1.54) is 23.5 Å². The van der Waals surface area contributed by atoms with E-state index in [0.717, 1.165) is 5.56 Å². The molecule has 1 aromatic heterocycles. The van der Waals surface area contributed by atoms with Crippen LogP contribution in [0.25, 0.3) is 22.9 Å². The van der Waals surface area contributed by atoms with Gasteiger partial charge in [0.1, 0.15) is 16.9 Å². The van der Waals surface area contributed by atoms with Crippen molar-refractivity contribution in [2.75, 3.05) is 0 Å². The lowest BCUT2D eigenvalue weighted by atomic mass is 10.1.